The number of rotatable bonds is 3. The average molecular weight is 409 g/mol. The molecule has 1 aliphatic heterocycles. The number of hydrogen-bond acceptors (Lipinski definition) is 4. The highest BCUT2D eigenvalue weighted by atomic mass is 19.1. The molecule has 7 nitrogen and oxygen atoms in total. The first-order valence-electron chi connectivity index (χ1n) is 9.70. The number of carbonyl (C=O) groups is 2. The number of hydrogen-bond donors (Lipinski definition) is 1. The van der Waals surface area contributed by atoms with Gasteiger partial charge in [0.2, 0.25) is 0 Å². The van der Waals surface area contributed by atoms with E-state index in [0.29, 0.717) is 37.1 Å². The normalized spacial score (nSPS) is 14.8. The molecular formula is C22H20FN3O4. The Kier molecular flexibility index (Phi) is 5.07. The predicted octanol–water partition coefficient (Wildman–Crippen LogP) is 2.51. The minimum atomic E-state index is -0.553. The molecule has 1 aliphatic rings. The summed E-state index contributed by atoms with van der Waals surface area (Å²) in [5.41, 5.74) is -0.0876. The van der Waals surface area contributed by atoms with Crippen LogP contribution < -0.4 is 11.2 Å². The van der Waals surface area contributed by atoms with Crippen LogP contribution in [0.2, 0.25) is 0 Å². The lowest BCUT2D eigenvalue weighted by molar-refractivity contribution is 0.0688. The summed E-state index contributed by atoms with van der Waals surface area (Å²) in [6.45, 7) is 2.09. The van der Waals surface area contributed by atoms with Gasteiger partial charge in [0.1, 0.15) is 5.82 Å². The maximum atomic E-state index is 13.6. The number of Topliss-reactive ketones (excluding diaryl/α,β-unsaturated/α-hetero) is 1. The number of nitrogens with one attached hydrogen (secondary N) is 1. The van der Waals surface area contributed by atoms with Crippen molar-refractivity contribution in [2.24, 2.45) is 0 Å². The van der Waals surface area contributed by atoms with Crippen molar-refractivity contribution >= 4 is 22.6 Å². The van der Waals surface area contributed by atoms with E-state index >= 15 is 0 Å². The average Bonchev–Trinajstić information content (AvgIpc) is 2.74. The fourth-order valence-corrected chi connectivity index (χ4v) is 4.01. The van der Waals surface area contributed by atoms with Crippen LogP contribution in [0.25, 0.3) is 10.9 Å². The lowest BCUT2D eigenvalue weighted by Crippen LogP contribution is -2.45. The van der Waals surface area contributed by atoms with Gasteiger partial charge in [-0.25, -0.2) is 9.18 Å². The number of aromatic amines is 1. The minimum Gasteiger partial charge on any atom is -0.338 e. The molecule has 154 valence electrons. The summed E-state index contributed by atoms with van der Waals surface area (Å²) in [5, 5.41) is 0.114. The Morgan fingerprint density at radius 2 is 1.70 bits per heavy atom. The van der Waals surface area contributed by atoms with E-state index < -0.39 is 23.1 Å². The number of amides is 1. The number of ketones is 1. The zero-order valence-corrected chi connectivity index (χ0v) is 16.4. The molecule has 4 rings (SSSR count). The van der Waals surface area contributed by atoms with Gasteiger partial charge >= 0.3 is 5.69 Å². The quantitative estimate of drug-likeness (QED) is 0.673. The Labute approximate surface area is 170 Å². The lowest BCUT2D eigenvalue weighted by atomic mass is 10.00. The van der Waals surface area contributed by atoms with Crippen molar-refractivity contribution in [2.75, 3.05) is 13.1 Å². The summed E-state index contributed by atoms with van der Waals surface area (Å²) in [4.78, 5) is 54.3. The Balaban J connectivity index is 1.59. The van der Waals surface area contributed by atoms with Gasteiger partial charge < -0.3 is 9.88 Å². The number of benzene rings is 2. The van der Waals surface area contributed by atoms with Gasteiger partial charge in [-0.1, -0.05) is 18.2 Å². The van der Waals surface area contributed by atoms with Gasteiger partial charge in [-0.15, -0.1) is 0 Å². The summed E-state index contributed by atoms with van der Waals surface area (Å²) in [5.74, 6) is -0.987. The molecule has 1 amide bonds. The number of carbonyl (C=O) groups excluding carboxylic acids is 2. The smallest absolute Gasteiger partial charge is 0.329 e. The molecule has 30 heavy (non-hydrogen) atoms. The van der Waals surface area contributed by atoms with Crippen LogP contribution in [0, 0.1) is 5.82 Å². The monoisotopic (exact) mass is 409 g/mol. The molecule has 1 aromatic heterocycles. The van der Waals surface area contributed by atoms with Crippen LogP contribution in [0.3, 0.4) is 0 Å². The predicted molar refractivity (Wildman–Crippen MR) is 109 cm³/mol. The Morgan fingerprint density at radius 1 is 1.03 bits per heavy atom. The number of halogens is 1. The van der Waals surface area contributed by atoms with Crippen molar-refractivity contribution in [1.82, 2.24) is 14.5 Å². The van der Waals surface area contributed by atoms with E-state index in [-0.39, 0.29) is 22.6 Å². The fourth-order valence-electron chi connectivity index (χ4n) is 4.01. The molecule has 0 atom stereocenters. The number of likely N-dealkylation sites (tertiary alicyclic amines) is 1. The second kappa shape index (κ2) is 7.70. The second-order valence-corrected chi connectivity index (χ2v) is 7.42. The third-order valence-electron chi connectivity index (χ3n) is 5.54. The molecule has 1 saturated heterocycles. The molecule has 0 bridgehead atoms. The van der Waals surface area contributed by atoms with E-state index in [0.717, 1.165) is 10.6 Å². The molecule has 0 spiro atoms. The van der Waals surface area contributed by atoms with E-state index in [1.54, 1.807) is 29.2 Å². The molecule has 0 radical (unpaired) electrons. The van der Waals surface area contributed by atoms with Gasteiger partial charge in [0.25, 0.3) is 11.5 Å². The third kappa shape index (κ3) is 3.45. The maximum absolute atomic E-state index is 13.6. The molecule has 0 aliphatic carbocycles. The molecule has 2 heterocycles. The number of piperidine rings is 1. The number of H-pyrrole nitrogens is 1. The van der Waals surface area contributed by atoms with Gasteiger partial charge in [-0.05, 0) is 44.0 Å². The van der Waals surface area contributed by atoms with E-state index in [1.807, 2.05) is 0 Å². The zero-order valence-electron chi connectivity index (χ0n) is 16.4. The van der Waals surface area contributed by atoms with E-state index in [9.17, 15) is 23.6 Å². The number of fused-ring (bicyclic) bond motifs is 1. The highest BCUT2D eigenvalue weighted by Gasteiger charge is 2.28. The van der Waals surface area contributed by atoms with E-state index in [4.69, 9.17) is 0 Å². The SMILES string of the molecule is CC(=O)c1ccccc1C(=O)N1CCC(n2c(=O)[nH]c3ccc(F)cc3c2=O)CC1. The number of nitrogens with zero attached hydrogens (tertiary/aromatic N) is 2. The molecular weight excluding hydrogens is 389 g/mol. The molecule has 3 aromatic rings. The summed E-state index contributed by atoms with van der Waals surface area (Å²) in [7, 11) is 0. The van der Waals surface area contributed by atoms with Crippen molar-refractivity contribution in [3.05, 3.63) is 80.2 Å². The van der Waals surface area contributed by atoms with E-state index in [1.165, 1.54) is 19.1 Å². The highest BCUT2D eigenvalue weighted by Crippen LogP contribution is 2.23. The largest absolute Gasteiger partial charge is 0.338 e. The molecule has 2 aromatic carbocycles. The fraction of sp³-hybridized carbons (Fsp3) is 0.273. The van der Waals surface area contributed by atoms with Gasteiger partial charge in [0.15, 0.2) is 5.78 Å². The van der Waals surface area contributed by atoms with Crippen molar-refractivity contribution in [1.29, 1.82) is 0 Å². The van der Waals surface area contributed by atoms with E-state index in [2.05, 4.69) is 4.98 Å². The van der Waals surface area contributed by atoms with Crippen LogP contribution in [-0.4, -0.2) is 39.2 Å². The first kappa shape index (κ1) is 19.8. The summed E-state index contributed by atoms with van der Waals surface area (Å²) < 4.78 is 14.7. The maximum Gasteiger partial charge on any atom is 0.329 e. The van der Waals surface area contributed by atoms with Crippen molar-refractivity contribution in [3.63, 3.8) is 0 Å². The van der Waals surface area contributed by atoms with Crippen LogP contribution in [0.4, 0.5) is 4.39 Å². The van der Waals surface area contributed by atoms with Gasteiger partial charge in [-0.2, -0.15) is 0 Å². The third-order valence-corrected chi connectivity index (χ3v) is 5.54. The van der Waals surface area contributed by atoms with Crippen LogP contribution in [0.15, 0.2) is 52.1 Å². The zero-order chi connectivity index (χ0) is 21.4. The van der Waals surface area contributed by atoms with Gasteiger partial charge in [0.05, 0.1) is 16.5 Å². The molecule has 1 N–H and O–H groups in total. The van der Waals surface area contributed by atoms with Crippen LogP contribution in [0.5, 0.6) is 0 Å². The Bertz CT molecular complexity index is 1270. The van der Waals surface area contributed by atoms with Gasteiger partial charge in [-0.3, -0.25) is 19.0 Å². The van der Waals surface area contributed by atoms with Crippen molar-refractivity contribution < 1.29 is 14.0 Å². The Morgan fingerprint density at radius 3 is 2.37 bits per heavy atom. The van der Waals surface area contributed by atoms with Crippen LogP contribution in [0.1, 0.15) is 46.5 Å². The first-order chi connectivity index (χ1) is 14.4. The first-order valence-corrected chi connectivity index (χ1v) is 9.70. The second-order valence-electron chi connectivity index (χ2n) is 7.42. The summed E-state index contributed by atoms with van der Waals surface area (Å²) in [6.07, 6.45) is 0.801. The number of aromatic nitrogens is 2. The van der Waals surface area contributed by atoms with Crippen molar-refractivity contribution in [3.8, 4) is 0 Å². The Hall–Kier alpha value is -3.55. The highest BCUT2D eigenvalue weighted by molar-refractivity contribution is 6.07. The molecule has 0 saturated carbocycles. The molecule has 1 fully saturated rings. The standard InChI is InChI=1S/C22H20FN3O4/c1-13(27)16-4-2-3-5-17(16)20(28)25-10-8-15(9-11-25)26-21(29)18-12-14(23)6-7-19(18)24-22(26)30/h2-7,12,15H,8-11H2,1H3,(H,24,30). The molecule has 8 heteroatoms. The van der Waals surface area contributed by atoms with Crippen LogP contribution >= 0.6 is 0 Å². The molecule has 0 unspecified atom stereocenters. The van der Waals surface area contributed by atoms with Gasteiger partial charge in [0, 0.05) is 24.7 Å². The van der Waals surface area contributed by atoms with Crippen LogP contribution in [-0.2, 0) is 0 Å². The van der Waals surface area contributed by atoms with Crippen molar-refractivity contribution in [2.45, 2.75) is 25.8 Å². The lowest BCUT2D eigenvalue weighted by Gasteiger charge is -2.32. The minimum absolute atomic E-state index is 0.114. The summed E-state index contributed by atoms with van der Waals surface area (Å²) >= 11 is 0. The topological polar surface area (TPSA) is 92.2 Å². The summed E-state index contributed by atoms with van der Waals surface area (Å²) in [6, 6.07) is 9.92.